The van der Waals surface area contributed by atoms with E-state index in [4.69, 9.17) is 9.47 Å². The average molecular weight is 234 g/mol. The van der Waals surface area contributed by atoms with E-state index in [0.717, 1.165) is 30.9 Å². The van der Waals surface area contributed by atoms with E-state index < -0.39 is 0 Å². The van der Waals surface area contributed by atoms with E-state index >= 15 is 0 Å². The summed E-state index contributed by atoms with van der Waals surface area (Å²) in [5.74, 6) is 1.98. The van der Waals surface area contributed by atoms with Crippen LogP contribution in [0.4, 0.5) is 0 Å². The van der Waals surface area contributed by atoms with Crippen LogP contribution in [0.25, 0.3) is 0 Å². The van der Waals surface area contributed by atoms with Crippen LogP contribution in [0.5, 0.6) is 11.5 Å². The maximum absolute atomic E-state index is 11.1. The Morgan fingerprint density at radius 1 is 1.24 bits per heavy atom. The zero-order valence-electron chi connectivity index (χ0n) is 10.1. The van der Waals surface area contributed by atoms with Gasteiger partial charge in [-0.1, -0.05) is 6.92 Å². The molecule has 0 spiro atoms. The SMILES string of the molecule is CCCOc1ccc(OC2CCC(=O)C2)cc1. The van der Waals surface area contributed by atoms with Crippen molar-refractivity contribution in [3.05, 3.63) is 24.3 Å². The summed E-state index contributed by atoms with van der Waals surface area (Å²) in [7, 11) is 0. The Hall–Kier alpha value is -1.51. The van der Waals surface area contributed by atoms with Gasteiger partial charge in [-0.3, -0.25) is 4.79 Å². The first-order valence-corrected chi connectivity index (χ1v) is 6.19. The summed E-state index contributed by atoms with van der Waals surface area (Å²) in [6.45, 7) is 2.81. The van der Waals surface area contributed by atoms with Gasteiger partial charge >= 0.3 is 0 Å². The van der Waals surface area contributed by atoms with Crippen molar-refractivity contribution < 1.29 is 14.3 Å². The molecule has 0 radical (unpaired) electrons. The van der Waals surface area contributed by atoms with Crippen molar-refractivity contribution in [2.24, 2.45) is 0 Å². The fourth-order valence-corrected chi connectivity index (χ4v) is 1.91. The zero-order chi connectivity index (χ0) is 12.1. The molecule has 0 aliphatic heterocycles. The number of ether oxygens (including phenoxy) is 2. The highest BCUT2D eigenvalue weighted by Gasteiger charge is 2.23. The molecule has 17 heavy (non-hydrogen) atoms. The lowest BCUT2D eigenvalue weighted by Crippen LogP contribution is -2.11. The standard InChI is InChI=1S/C14H18O3/c1-2-9-16-12-5-7-13(8-6-12)17-14-4-3-11(15)10-14/h5-8,14H,2-4,9-10H2,1H3. The molecule has 0 heterocycles. The minimum atomic E-state index is 0.0601. The Morgan fingerprint density at radius 2 is 1.94 bits per heavy atom. The Bertz CT molecular complexity index is 370. The summed E-state index contributed by atoms with van der Waals surface area (Å²) in [5.41, 5.74) is 0. The van der Waals surface area contributed by atoms with Crippen LogP contribution in [-0.4, -0.2) is 18.5 Å². The number of rotatable bonds is 5. The molecule has 0 aromatic heterocycles. The summed E-state index contributed by atoms with van der Waals surface area (Å²) in [6, 6.07) is 7.60. The van der Waals surface area contributed by atoms with E-state index in [2.05, 4.69) is 6.92 Å². The molecular formula is C14H18O3. The molecule has 0 saturated heterocycles. The third kappa shape index (κ3) is 3.48. The number of Topliss-reactive ketones (excluding diaryl/α,β-unsaturated/α-hetero) is 1. The maximum Gasteiger partial charge on any atom is 0.136 e. The van der Waals surface area contributed by atoms with Crippen molar-refractivity contribution in [3.63, 3.8) is 0 Å². The molecule has 1 aromatic carbocycles. The van der Waals surface area contributed by atoms with Crippen LogP contribution in [0.1, 0.15) is 32.6 Å². The van der Waals surface area contributed by atoms with Crippen molar-refractivity contribution in [1.82, 2.24) is 0 Å². The second-order valence-electron chi connectivity index (χ2n) is 4.34. The number of hydrogen-bond acceptors (Lipinski definition) is 3. The van der Waals surface area contributed by atoms with E-state index in [1.807, 2.05) is 24.3 Å². The van der Waals surface area contributed by atoms with Crippen LogP contribution < -0.4 is 9.47 Å². The van der Waals surface area contributed by atoms with Crippen LogP contribution in [-0.2, 0) is 4.79 Å². The molecule has 1 aromatic rings. The van der Waals surface area contributed by atoms with Crippen molar-refractivity contribution in [3.8, 4) is 11.5 Å². The van der Waals surface area contributed by atoms with Crippen molar-refractivity contribution in [1.29, 1.82) is 0 Å². The van der Waals surface area contributed by atoms with E-state index in [-0.39, 0.29) is 6.10 Å². The highest BCUT2D eigenvalue weighted by atomic mass is 16.5. The molecule has 1 saturated carbocycles. The molecule has 0 N–H and O–H groups in total. The Morgan fingerprint density at radius 3 is 2.53 bits per heavy atom. The molecule has 3 nitrogen and oxygen atoms in total. The second-order valence-corrected chi connectivity index (χ2v) is 4.34. The molecule has 92 valence electrons. The monoisotopic (exact) mass is 234 g/mol. The molecule has 1 unspecified atom stereocenters. The van der Waals surface area contributed by atoms with E-state index in [0.29, 0.717) is 18.6 Å². The van der Waals surface area contributed by atoms with Gasteiger partial charge in [-0.15, -0.1) is 0 Å². The molecule has 3 heteroatoms. The van der Waals surface area contributed by atoms with Crippen molar-refractivity contribution in [2.45, 2.75) is 38.7 Å². The lowest BCUT2D eigenvalue weighted by Gasteiger charge is -2.12. The predicted octanol–water partition coefficient (Wildman–Crippen LogP) is 2.98. The van der Waals surface area contributed by atoms with Crippen LogP contribution in [0.15, 0.2) is 24.3 Å². The van der Waals surface area contributed by atoms with Gasteiger partial charge < -0.3 is 9.47 Å². The molecule has 1 atom stereocenters. The minimum Gasteiger partial charge on any atom is -0.494 e. The van der Waals surface area contributed by atoms with E-state index in [9.17, 15) is 4.79 Å². The average Bonchev–Trinajstić information content (AvgIpc) is 2.74. The maximum atomic E-state index is 11.1. The van der Waals surface area contributed by atoms with Crippen LogP contribution in [0, 0.1) is 0 Å². The largest absolute Gasteiger partial charge is 0.494 e. The van der Waals surface area contributed by atoms with E-state index in [1.165, 1.54) is 0 Å². The molecule has 0 amide bonds. The Kier molecular flexibility index (Phi) is 4.02. The number of carbonyl (C=O) groups excluding carboxylic acids is 1. The first-order valence-electron chi connectivity index (χ1n) is 6.19. The molecule has 1 fully saturated rings. The van der Waals surface area contributed by atoms with Crippen LogP contribution in [0.3, 0.4) is 0 Å². The minimum absolute atomic E-state index is 0.0601. The van der Waals surface area contributed by atoms with Gasteiger partial charge in [0.2, 0.25) is 0 Å². The van der Waals surface area contributed by atoms with Crippen molar-refractivity contribution in [2.75, 3.05) is 6.61 Å². The topological polar surface area (TPSA) is 35.5 Å². The molecule has 1 aliphatic rings. The third-order valence-electron chi connectivity index (χ3n) is 2.80. The van der Waals surface area contributed by atoms with Gasteiger partial charge in [0.25, 0.3) is 0 Å². The molecule has 2 rings (SSSR count). The van der Waals surface area contributed by atoms with Gasteiger partial charge in [0, 0.05) is 12.8 Å². The second kappa shape index (κ2) is 5.71. The van der Waals surface area contributed by atoms with Gasteiger partial charge in [-0.2, -0.15) is 0 Å². The first-order chi connectivity index (χ1) is 8.28. The zero-order valence-corrected chi connectivity index (χ0v) is 10.1. The molecule has 0 bridgehead atoms. The van der Waals surface area contributed by atoms with Gasteiger partial charge in [0.05, 0.1) is 6.61 Å². The fourth-order valence-electron chi connectivity index (χ4n) is 1.91. The lowest BCUT2D eigenvalue weighted by molar-refractivity contribution is -0.117. The Labute approximate surface area is 102 Å². The Balaban J connectivity index is 1.87. The predicted molar refractivity (Wildman–Crippen MR) is 65.5 cm³/mol. The molecule has 1 aliphatic carbocycles. The van der Waals surface area contributed by atoms with Crippen LogP contribution >= 0.6 is 0 Å². The number of ketones is 1. The summed E-state index contributed by atoms with van der Waals surface area (Å²) in [6.07, 6.45) is 3.11. The number of benzene rings is 1. The van der Waals surface area contributed by atoms with Gasteiger partial charge in [0.15, 0.2) is 0 Å². The van der Waals surface area contributed by atoms with Gasteiger partial charge in [-0.05, 0) is 37.1 Å². The highest BCUT2D eigenvalue weighted by Crippen LogP contribution is 2.24. The lowest BCUT2D eigenvalue weighted by atomic mass is 10.3. The molecular weight excluding hydrogens is 216 g/mol. The number of carbonyl (C=O) groups is 1. The third-order valence-corrected chi connectivity index (χ3v) is 2.80. The van der Waals surface area contributed by atoms with Gasteiger partial charge in [0.1, 0.15) is 23.4 Å². The number of hydrogen-bond donors (Lipinski definition) is 0. The summed E-state index contributed by atoms with van der Waals surface area (Å²) in [5, 5.41) is 0. The quantitative estimate of drug-likeness (QED) is 0.785. The normalized spacial score (nSPS) is 19.4. The smallest absolute Gasteiger partial charge is 0.136 e. The van der Waals surface area contributed by atoms with Gasteiger partial charge in [-0.25, -0.2) is 0 Å². The summed E-state index contributed by atoms with van der Waals surface area (Å²) < 4.78 is 11.2. The van der Waals surface area contributed by atoms with E-state index in [1.54, 1.807) is 0 Å². The highest BCUT2D eigenvalue weighted by molar-refractivity contribution is 5.81. The fraction of sp³-hybridized carbons (Fsp3) is 0.500. The first kappa shape index (κ1) is 12.0. The summed E-state index contributed by atoms with van der Waals surface area (Å²) >= 11 is 0. The van der Waals surface area contributed by atoms with Crippen molar-refractivity contribution >= 4 is 5.78 Å². The van der Waals surface area contributed by atoms with Crippen LogP contribution in [0.2, 0.25) is 0 Å². The summed E-state index contributed by atoms with van der Waals surface area (Å²) in [4.78, 5) is 11.1.